The largest absolute Gasteiger partial charge is 0.444 e. The molecular formula is C23H35N3O4. The highest BCUT2D eigenvalue weighted by Gasteiger charge is 2.36. The maximum absolute atomic E-state index is 12.5. The van der Waals surface area contributed by atoms with Gasteiger partial charge in [0.05, 0.1) is 0 Å². The molecule has 166 valence electrons. The molecule has 2 N–H and O–H groups in total. The van der Waals surface area contributed by atoms with E-state index in [1.807, 2.05) is 37.3 Å². The molecule has 7 nitrogen and oxygen atoms in total. The van der Waals surface area contributed by atoms with Crippen LogP contribution in [0.2, 0.25) is 0 Å². The second-order valence-electron chi connectivity index (χ2n) is 8.93. The van der Waals surface area contributed by atoms with Crippen molar-refractivity contribution in [2.24, 2.45) is 0 Å². The summed E-state index contributed by atoms with van der Waals surface area (Å²) in [6.45, 7) is 10.2. The summed E-state index contributed by atoms with van der Waals surface area (Å²) in [6.07, 6.45) is 1.08. The van der Waals surface area contributed by atoms with Crippen LogP contribution in [0.25, 0.3) is 0 Å². The van der Waals surface area contributed by atoms with Gasteiger partial charge in [0.15, 0.2) is 0 Å². The van der Waals surface area contributed by atoms with Crippen LogP contribution in [0, 0.1) is 0 Å². The molecule has 0 aliphatic carbocycles. The fraction of sp³-hybridized carbons (Fsp3) is 0.609. The van der Waals surface area contributed by atoms with Crippen LogP contribution in [-0.2, 0) is 14.3 Å². The molecule has 1 aliphatic heterocycles. The van der Waals surface area contributed by atoms with Crippen molar-refractivity contribution >= 4 is 17.9 Å². The average molecular weight is 418 g/mol. The first-order chi connectivity index (χ1) is 14.1. The van der Waals surface area contributed by atoms with Crippen molar-refractivity contribution < 1.29 is 19.1 Å². The van der Waals surface area contributed by atoms with Crippen LogP contribution in [0.1, 0.15) is 65.4 Å². The van der Waals surface area contributed by atoms with E-state index in [-0.39, 0.29) is 36.7 Å². The summed E-state index contributed by atoms with van der Waals surface area (Å²) >= 11 is 0. The molecular weight excluding hydrogens is 382 g/mol. The monoisotopic (exact) mass is 417 g/mol. The van der Waals surface area contributed by atoms with Gasteiger partial charge in [0.2, 0.25) is 11.8 Å². The summed E-state index contributed by atoms with van der Waals surface area (Å²) in [6, 6.07) is 9.47. The van der Waals surface area contributed by atoms with Gasteiger partial charge in [0.25, 0.3) is 0 Å². The van der Waals surface area contributed by atoms with E-state index in [0.29, 0.717) is 13.0 Å². The first kappa shape index (κ1) is 23.7. The number of carbonyl (C=O) groups excluding carboxylic acids is 3. The molecule has 3 amide bonds. The minimum atomic E-state index is -0.605. The van der Waals surface area contributed by atoms with Gasteiger partial charge in [-0.25, -0.2) is 4.79 Å². The first-order valence-corrected chi connectivity index (χ1v) is 10.7. The maximum atomic E-state index is 12.5. The molecule has 0 unspecified atom stereocenters. The molecule has 1 fully saturated rings. The molecule has 1 aromatic carbocycles. The number of nitrogens with zero attached hydrogens (tertiary/aromatic N) is 1. The highest BCUT2D eigenvalue weighted by molar-refractivity contribution is 5.86. The fourth-order valence-electron chi connectivity index (χ4n) is 3.49. The lowest BCUT2D eigenvalue weighted by Gasteiger charge is -2.28. The van der Waals surface area contributed by atoms with E-state index in [0.717, 1.165) is 6.42 Å². The molecule has 30 heavy (non-hydrogen) atoms. The van der Waals surface area contributed by atoms with Crippen molar-refractivity contribution in [1.82, 2.24) is 15.5 Å². The Kier molecular flexibility index (Phi) is 8.26. The molecule has 1 saturated heterocycles. The molecule has 0 bridgehead atoms. The van der Waals surface area contributed by atoms with E-state index in [1.165, 1.54) is 10.5 Å². The van der Waals surface area contributed by atoms with E-state index >= 15 is 0 Å². The molecule has 1 aliphatic rings. The van der Waals surface area contributed by atoms with Crippen molar-refractivity contribution in [2.45, 2.75) is 77.5 Å². The molecule has 0 radical (unpaired) electrons. The topological polar surface area (TPSA) is 87.7 Å². The Hall–Kier alpha value is -2.57. The number of ether oxygens (including phenoxy) is 1. The summed E-state index contributed by atoms with van der Waals surface area (Å²) in [4.78, 5) is 38.6. The zero-order valence-electron chi connectivity index (χ0n) is 18.7. The Bertz CT molecular complexity index is 730. The van der Waals surface area contributed by atoms with E-state index in [9.17, 15) is 14.4 Å². The Labute approximate surface area is 179 Å². The second-order valence-corrected chi connectivity index (χ2v) is 8.93. The van der Waals surface area contributed by atoms with Crippen LogP contribution in [-0.4, -0.2) is 53.6 Å². The van der Waals surface area contributed by atoms with Crippen LogP contribution in [0.4, 0.5) is 4.79 Å². The van der Waals surface area contributed by atoms with Crippen molar-refractivity contribution in [2.75, 3.05) is 13.1 Å². The van der Waals surface area contributed by atoms with Crippen molar-refractivity contribution in [3.8, 4) is 0 Å². The molecule has 2 rings (SSSR count). The van der Waals surface area contributed by atoms with Gasteiger partial charge in [-0.05, 0) is 46.1 Å². The molecule has 3 atom stereocenters. The third-order valence-corrected chi connectivity index (χ3v) is 5.30. The predicted octanol–water partition coefficient (Wildman–Crippen LogP) is 3.20. The summed E-state index contributed by atoms with van der Waals surface area (Å²) in [5.74, 6) is -0.163. The van der Waals surface area contributed by atoms with Crippen LogP contribution in [0.5, 0.6) is 0 Å². The van der Waals surface area contributed by atoms with Crippen LogP contribution >= 0.6 is 0 Å². The lowest BCUT2D eigenvalue weighted by atomic mass is 9.94. The number of amides is 3. The number of benzene rings is 1. The molecule has 0 aromatic heterocycles. The van der Waals surface area contributed by atoms with E-state index in [1.54, 1.807) is 20.8 Å². The van der Waals surface area contributed by atoms with E-state index in [4.69, 9.17) is 4.74 Å². The number of rotatable bonds is 7. The molecule has 0 saturated carbocycles. The van der Waals surface area contributed by atoms with Gasteiger partial charge in [-0.2, -0.15) is 0 Å². The fourth-order valence-corrected chi connectivity index (χ4v) is 3.49. The highest BCUT2D eigenvalue weighted by Crippen LogP contribution is 2.21. The number of hydrogen-bond donors (Lipinski definition) is 2. The van der Waals surface area contributed by atoms with Crippen molar-refractivity contribution in [3.63, 3.8) is 0 Å². The SMILES string of the molecule is C[C@H](NC(=O)CCNC(=O)[C@H]1CCCN1C(=O)OC(C)(C)C)[C@H](C)c1ccccc1. The van der Waals surface area contributed by atoms with Crippen molar-refractivity contribution in [1.29, 1.82) is 0 Å². The minimum Gasteiger partial charge on any atom is -0.444 e. The average Bonchev–Trinajstić information content (AvgIpc) is 3.17. The van der Waals surface area contributed by atoms with Gasteiger partial charge >= 0.3 is 6.09 Å². The Morgan fingerprint density at radius 1 is 1.17 bits per heavy atom. The number of nitrogens with one attached hydrogen (secondary N) is 2. The van der Waals surface area contributed by atoms with E-state index in [2.05, 4.69) is 17.6 Å². The van der Waals surface area contributed by atoms with Gasteiger partial charge < -0.3 is 15.4 Å². The molecule has 7 heteroatoms. The van der Waals surface area contributed by atoms with Crippen LogP contribution < -0.4 is 10.6 Å². The second kappa shape index (κ2) is 10.5. The minimum absolute atomic E-state index is 0.0203. The van der Waals surface area contributed by atoms with E-state index < -0.39 is 17.7 Å². The Balaban J connectivity index is 1.76. The lowest BCUT2D eigenvalue weighted by Crippen LogP contribution is -2.48. The predicted molar refractivity (Wildman–Crippen MR) is 116 cm³/mol. The van der Waals surface area contributed by atoms with Gasteiger partial charge in [0.1, 0.15) is 11.6 Å². The summed E-state index contributed by atoms with van der Waals surface area (Å²) in [7, 11) is 0. The summed E-state index contributed by atoms with van der Waals surface area (Å²) in [5, 5.41) is 5.79. The number of likely N-dealkylation sites (tertiary alicyclic amines) is 1. The normalized spacial score (nSPS) is 18.4. The summed E-state index contributed by atoms with van der Waals surface area (Å²) in [5.41, 5.74) is 0.564. The standard InChI is InChI=1S/C23H35N3O4/c1-16(18-10-7-6-8-11-18)17(2)25-20(27)13-14-24-21(28)19-12-9-15-26(19)22(29)30-23(3,4)5/h6-8,10-11,16-17,19H,9,12-15H2,1-5H3,(H,24,28)(H,25,27)/t16-,17-,19+/m0/s1. The molecule has 0 spiro atoms. The lowest BCUT2D eigenvalue weighted by molar-refractivity contribution is -0.125. The van der Waals surface area contributed by atoms with Crippen LogP contribution in [0.15, 0.2) is 30.3 Å². The Morgan fingerprint density at radius 2 is 1.83 bits per heavy atom. The summed E-state index contributed by atoms with van der Waals surface area (Å²) < 4.78 is 5.39. The molecule has 1 heterocycles. The van der Waals surface area contributed by atoms with Gasteiger partial charge in [-0.15, -0.1) is 0 Å². The van der Waals surface area contributed by atoms with Gasteiger partial charge in [0, 0.05) is 31.5 Å². The van der Waals surface area contributed by atoms with Gasteiger partial charge in [-0.1, -0.05) is 37.3 Å². The number of hydrogen-bond acceptors (Lipinski definition) is 4. The maximum Gasteiger partial charge on any atom is 0.410 e. The third kappa shape index (κ3) is 7.04. The highest BCUT2D eigenvalue weighted by atomic mass is 16.6. The quantitative estimate of drug-likeness (QED) is 0.713. The zero-order valence-corrected chi connectivity index (χ0v) is 18.7. The van der Waals surface area contributed by atoms with Gasteiger partial charge in [-0.3, -0.25) is 14.5 Å². The molecule has 1 aromatic rings. The third-order valence-electron chi connectivity index (χ3n) is 5.30. The Morgan fingerprint density at radius 3 is 2.47 bits per heavy atom. The zero-order chi connectivity index (χ0) is 22.3. The first-order valence-electron chi connectivity index (χ1n) is 10.7. The van der Waals surface area contributed by atoms with Crippen molar-refractivity contribution in [3.05, 3.63) is 35.9 Å². The van der Waals surface area contributed by atoms with Crippen LogP contribution in [0.3, 0.4) is 0 Å². The smallest absolute Gasteiger partial charge is 0.410 e. The number of carbonyl (C=O) groups is 3.